The monoisotopic (exact) mass is 268 g/mol. The third-order valence-electron chi connectivity index (χ3n) is 4.41. The fraction of sp³-hybridized carbons (Fsp3) is 0.429. The van der Waals surface area contributed by atoms with E-state index in [0.29, 0.717) is 17.4 Å². The summed E-state index contributed by atoms with van der Waals surface area (Å²) < 4.78 is 0. The zero-order chi connectivity index (χ0) is 13.4. The van der Waals surface area contributed by atoms with E-state index < -0.39 is 0 Å². The van der Waals surface area contributed by atoms with Gasteiger partial charge in [-0.25, -0.2) is 9.97 Å². The first-order valence-corrected chi connectivity index (χ1v) is 6.92. The van der Waals surface area contributed by atoms with Crippen molar-refractivity contribution >= 4 is 5.95 Å². The van der Waals surface area contributed by atoms with E-state index in [1.165, 1.54) is 12.8 Å². The van der Waals surface area contributed by atoms with Gasteiger partial charge in [-0.3, -0.25) is 9.97 Å². The highest BCUT2D eigenvalue weighted by molar-refractivity contribution is 5.53. The first kappa shape index (κ1) is 11.7. The van der Waals surface area contributed by atoms with Gasteiger partial charge in [0.05, 0.1) is 11.9 Å². The van der Waals surface area contributed by atoms with Gasteiger partial charge in [-0.05, 0) is 18.9 Å². The molecule has 2 fully saturated rings. The van der Waals surface area contributed by atoms with Crippen LogP contribution in [0.5, 0.6) is 0 Å². The third-order valence-corrected chi connectivity index (χ3v) is 4.41. The van der Waals surface area contributed by atoms with Gasteiger partial charge in [0.2, 0.25) is 5.95 Å². The van der Waals surface area contributed by atoms with Crippen molar-refractivity contribution in [3.63, 3.8) is 0 Å². The fourth-order valence-corrected chi connectivity index (χ4v) is 2.95. The molecule has 0 radical (unpaired) electrons. The van der Waals surface area contributed by atoms with Crippen molar-refractivity contribution in [2.24, 2.45) is 5.41 Å². The molecule has 1 aliphatic carbocycles. The number of anilines is 1. The Morgan fingerprint density at radius 2 is 2.10 bits per heavy atom. The predicted molar refractivity (Wildman–Crippen MR) is 75.0 cm³/mol. The second-order valence-corrected chi connectivity index (χ2v) is 5.56. The second kappa shape index (κ2) is 4.49. The molecular weight excluding hydrogens is 252 g/mol. The molecule has 2 aliphatic rings. The van der Waals surface area contributed by atoms with E-state index in [9.17, 15) is 0 Å². The minimum Gasteiger partial charge on any atom is -0.351 e. The van der Waals surface area contributed by atoms with E-state index in [1.807, 2.05) is 6.07 Å². The molecule has 1 spiro atoms. The Labute approximate surface area is 117 Å². The van der Waals surface area contributed by atoms with Crippen LogP contribution in [-0.4, -0.2) is 39.1 Å². The average Bonchev–Trinajstić information content (AvgIpc) is 2.43. The molecule has 0 aromatic carbocycles. The van der Waals surface area contributed by atoms with Crippen molar-refractivity contribution in [3.8, 4) is 11.4 Å². The first-order valence-electron chi connectivity index (χ1n) is 6.92. The Morgan fingerprint density at radius 3 is 2.75 bits per heavy atom. The van der Waals surface area contributed by atoms with Crippen LogP contribution in [0.25, 0.3) is 11.4 Å². The first-order chi connectivity index (χ1) is 9.86. The number of rotatable bonds is 3. The van der Waals surface area contributed by atoms with Gasteiger partial charge < -0.3 is 10.6 Å². The quantitative estimate of drug-likeness (QED) is 0.868. The number of nitrogens with zero attached hydrogens (tertiary/aromatic N) is 4. The molecule has 1 saturated carbocycles. The molecule has 2 N–H and O–H groups in total. The molecule has 3 heterocycles. The summed E-state index contributed by atoms with van der Waals surface area (Å²) in [7, 11) is 0. The molecule has 1 atom stereocenters. The maximum Gasteiger partial charge on any atom is 0.223 e. The average molecular weight is 268 g/mol. The van der Waals surface area contributed by atoms with Crippen LogP contribution in [0.3, 0.4) is 0 Å². The summed E-state index contributed by atoms with van der Waals surface area (Å²) in [5, 5.41) is 6.83. The van der Waals surface area contributed by atoms with Crippen molar-refractivity contribution in [2.75, 3.05) is 18.4 Å². The fourth-order valence-electron chi connectivity index (χ4n) is 2.95. The molecule has 0 bridgehead atoms. The third kappa shape index (κ3) is 1.84. The molecule has 1 unspecified atom stereocenters. The largest absolute Gasteiger partial charge is 0.351 e. The molecule has 6 nitrogen and oxygen atoms in total. The minimum atomic E-state index is 0.436. The smallest absolute Gasteiger partial charge is 0.223 e. The summed E-state index contributed by atoms with van der Waals surface area (Å²) in [6.07, 6.45) is 9.30. The molecule has 2 aromatic heterocycles. The van der Waals surface area contributed by atoms with Crippen molar-refractivity contribution < 1.29 is 0 Å². The van der Waals surface area contributed by atoms with Crippen LogP contribution in [0.1, 0.15) is 12.8 Å². The van der Waals surface area contributed by atoms with Crippen molar-refractivity contribution in [2.45, 2.75) is 18.9 Å². The molecule has 1 aliphatic heterocycles. The topological polar surface area (TPSA) is 75.6 Å². The Bertz CT molecular complexity index is 605. The van der Waals surface area contributed by atoms with E-state index >= 15 is 0 Å². The molecule has 0 amide bonds. The number of hydrogen-bond donors (Lipinski definition) is 2. The summed E-state index contributed by atoms with van der Waals surface area (Å²) >= 11 is 0. The zero-order valence-electron chi connectivity index (χ0n) is 11.1. The van der Waals surface area contributed by atoms with Crippen LogP contribution in [0.2, 0.25) is 0 Å². The van der Waals surface area contributed by atoms with Crippen LogP contribution in [0, 0.1) is 5.41 Å². The lowest BCUT2D eigenvalue weighted by Gasteiger charge is -2.56. The van der Waals surface area contributed by atoms with Crippen LogP contribution in [0.15, 0.2) is 30.9 Å². The maximum atomic E-state index is 4.54. The number of aromatic nitrogens is 4. The standard InChI is InChI=1S/C14H16N6/c1-3-14(8-16-9-14)12(1)20-13-18-4-2-10(19-13)11-7-15-5-6-17-11/h2,4-7,12,16H,1,3,8-9H2,(H,18,19,20). The van der Waals surface area contributed by atoms with Gasteiger partial charge in [0, 0.05) is 43.1 Å². The molecule has 4 rings (SSSR count). The molecule has 6 heteroatoms. The van der Waals surface area contributed by atoms with E-state index in [4.69, 9.17) is 0 Å². The maximum absolute atomic E-state index is 4.54. The van der Waals surface area contributed by atoms with E-state index in [2.05, 4.69) is 30.6 Å². The molecular formula is C14H16N6. The Kier molecular flexibility index (Phi) is 2.63. The van der Waals surface area contributed by atoms with Gasteiger partial charge in [-0.15, -0.1) is 0 Å². The molecule has 2 aromatic rings. The lowest BCUT2D eigenvalue weighted by Crippen LogP contribution is -2.67. The highest BCUT2D eigenvalue weighted by atomic mass is 15.2. The Morgan fingerprint density at radius 1 is 1.15 bits per heavy atom. The predicted octanol–water partition coefficient (Wildman–Crippen LogP) is 1.10. The summed E-state index contributed by atoms with van der Waals surface area (Å²) in [5.74, 6) is 0.684. The summed E-state index contributed by atoms with van der Waals surface area (Å²) in [6, 6.07) is 2.34. The van der Waals surface area contributed by atoms with E-state index in [1.54, 1.807) is 24.8 Å². The SMILES string of the molecule is c1cnc(-c2ccnc(NC3CCC34CNC4)n2)cn1. The van der Waals surface area contributed by atoms with Gasteiger partial charge in [-0.2, -0.15) is 0 Å². The van der Waals surface area contributed by atoms with Gasteiger partial charge in [0.1, 0.15) is 5.69 Å². The second-order valence-electron chi connectivity index (χ2n) is 5.56. The molecule has 102 valence electrons. The van der Waals surface area contributed by atoms with Gasteiger partial charge in [0.25, 0.3) is 0 Å². The number of nitrogens with one attached hydrogen (secondary N) is 2. The summed E-state index contributed by atoms with van der Waals surface area (Å²) in [6.45, 7) is 2.21. The van der Waals surface area contributed by atoms with Crippen LogP contribution in [0.4, 0.5) is 5.95 Å². The number of hydrogen-bond acceptors (Lipinski definition) is 6. The van der Waals surface area contributed by atoms with Crippen LogP contribution < -0.4 is 10.6 Å². The van der Waals surface area contributed by atoms with Crippen molar-refractivity contribution in [1.29, 1.82) is 0 Å². The van der Waals surface area contributed by atoms with Gasteiger partial charge in [-0.1, -0.05) is 0 Å². The minimum absolute atomic E-state index is 0.436. The van der Waals surface area contributed by atoms with E-state index in [-0.39, 0.29) is 0 Å². The van der Waals surface area contributed by atoms with E-state index in [0.717, 1.165) is 24.5 Å². The zero-order valence-corrected chi connectivity index (χ0v) is 11.1. The van der Waals surface area contributed by atoms with Crippen molar-refractivity contribution in [3.05, 3.63) is 30.9 Å². The molecule has 1 saturated heterocycles. The van der Waals surface area contributed by atoms with Crippen LogP contribution >= 0.6 is 0 Å². The lowest BCUT2D eigenvalue weighted by atomic mass is 9.60. The molecule has 20 heavy (non-hydrogen) atoms. The Hall–Kier alpha value is -2.08. The van der Waals surface area contributed by atoms with Crippen LogP contribution in [-0.2, 0) is 0 Å². The van der Waals surface area contributed by atoms with Crippen molar-refractivity contribution in [1.82, 2.24) is 25.3 Å². The lowest BCUT2D eigenvalue weighted by molar-refractivity contribution is 0.0403. The summed E-state index contributed by atoms with van der Waals surface area (Å²) in [4.78, 5) is 17.2. The summed E-state index contributed by atoms with van der Waals surface area (Å²) in [5.41, 5.74) is 2.01. The van der Waals surface area contributed by atoms with Gasteiger partial charge >= 0.3 is 0 Å². The highest BCUT2D eigenvalue weighted by Gasteiger charge is 2.51. The van der Waals surface area contributed by atoms with Gasteiger partial charge in [0.15, 0.2) is 0 Å². The Balaban J connectivity index is 1.54. The highest BCUT2D eigenvalue weighted by Crippen LogP contribution is 2.45. The normalized spacial score (nSPS) is 22.9.